The maximum Gasteiger partial charge on any atom is 0.305 e. The molecule has 1 amide bonds. The van der Waals surface area contributed by atoms with E-state index in [1.54, 1.807) is 32.0 Å². The van der Waals surface area contributed by atoms with Crippen LogP contribution in [0.1, 0.15) is 20.3 Å². The SMILES string of the molecule is CC(C)C(=O)N(CCC(=O)O)c1ccc2c(c1)OCO2. The number of anilines is 1. The van der Waals surface area contributed by atoms with Crippen molar-refractivity contribution in [2.45, 2.75) is 20.3 Å². The highest BCUT2D eigenvalue weighted by Gasteiger charge is 2.22. The summed E-state index contributed by atoms with van der Waals surface area (Å²) in [6, 6.07) is 5.15. The molecule has 0 aliphatic carbocycles. The van der Waals surface area contributed by atoms with Crippen molar-refractivity contribution >= 4 is 17.6 Å². The minimum Gasteiger partial charge on any atom is -0.481 e. The number of carbonyl (C=O) groups excluding carboxylic acids is 1. The van der Waals surface area contributed by atoms with Crippen molar-refractivity contribution < 1.29 is 24.2 Å². The summed E-state index contributed by atoms with van der Waals surface area (Å²) in [7, 11) is 0. The summed E-state index contributed by atoms with van der Waals surface area (Å²) in [5, 5.41) is 8.80. The smallest absolute Gasteiger partial charge is 0.305 e. The minimum atomic E-state index is -0.938. The number of nitrogens with zero attached hydrogens (tertiary/aromatic N) is 1. The molecule has 0 spiro atoms. The van der Waals surface area contributed by atoms with Gasteiger partial charge < -0.3 is 19.5 Å². The van der Waals surface area contributed by atoms with Crippen molar-refractivity contribution in [2.24, 2.45) is 5.92 Å². The molecule has 6 heteroatoms. The Morgan fingerprint density at radius 2 is 2.00 bits per heavy atom. The van der Waals surface area contributed by atoms with Crippen LogP contribution in [0.15, 0.2) is 18.2 Å². The predicted molar refractivity (Wildman–Crippen MR) is 72.0 cm³/mol. The van der Waals surface area contributed by atoms with Crippen LogP contribution < -0.4 is 14.4 Å². The zero-order valence-electron chi connectivity index (χ0n) is 11.5. The topological polar surface area (TPSA) is 76.1 Å². The van der Waals surface area contributed by atoms with Crippen LogP contribution >= 0.6 is 0 Å². The summed E-state index contributed by atoms with van der Waals surface area (Å²) in [6.45, 7) is 3.85. The van der Waals surface area contributed by atoms with Crippen LogP contribution in [0.5, 0.6) is 11.5 Å². The van der Waals surface area contributed by atoms with Gasteiger partial charge in [0.15, 0.2) is 11.5 Å². The molecule has 2 rings (SSSR count). The van der Waals surface area contributed by atoms with Gasteiger partial charge in [-0.05, 0) is 12.1 Å². The van der Waals surface area contributed by atoms with Gasteiger partial charge in [-0.2, -0.15) is 0 Å². The lowest BCUT2D eigenvalue weighted by Gasteiger charge is -2.24. The highest BCUT2D eigenvalue weighted by Crippen LogP contribution is 2.35. The normalized spacial score (nSPS) is 12.6. The molecular formula is C14H17NO5. The molecule has 0 saturated carbocycles. The molecule has 0 bridgehead atoms. The molecule has 1 aromatic rings. The van der Waals surface area contributed by atoms with Crippen molar-refractivity contribution in [1.82, 2.24) is 0 Å². The van der Waals surface area contributed by atoms with Gasteiger partial charge in [-0.3, -0.25) is 9.59 Å². The van der Waals surface area contributed by atoms with Gasteiger partial charge in [-0.25, -0.2) is 0 Å². The first kappa shape index (κ1) is 14.2. The number of amides is 1. The number of aliphatic carboxylic acids is 1. The Bertz CT molecular complexity index is 526. The van der Waals surface area contributed by atoms with Gasteiger partial charge in [0.2, 0.25) is 12.7 Å². The second-order valence-corrected chi connectivity index (χ2v) is 4.83. The second-order valence-electron chi connectivity index (χ2n) is 4.83. The van der Waals surface area contributed by atoms with E-state index in [-0.39, 0.29) is 31.6 Å². The molecular weight excluding hydrogens is 262 g/mol. The van der Waals surface area contributed by atoms with Crippen LogP contribution in [0.2, 0.25) is 0 Å². The Labute approximate surface area is 116 Å². The van der Waals surface area contributed by atoms with Gasteiger partial charge in [-0.1, -0.05) is 13.8 Å². The molecule has 0 aromatic heterocycles. The fraction of sp³-hybridized carbons (Fsp3) is 0.429. The number of rotatable bonds is 5. The number of benzene rings is 1. The van der Waals surface area contributed by atoms with E-state index in [2.05, 4.69) is 0 Å². The van der Waals surface area contributed by atoms with Crippen LogP contribution in [0, 0.1) is 5.92 Å². The van der Waals surface area contributed by atoms with E-state index >= 15 is 0 Å². The third-order valence-electron chi connectivity index (χ3n) is 2.98. The third kappa shape index (κ3) is 3.01. The number of hydrogen-bond donors (Lipinski definition) is 1. The van der Waals surface area contributed by atoms with Gasteiger partial charge in [-0.15, -0.1) is 0 Å². The number of carboxylic acids is 1. The molecule has 1 heterocycles. The van der Waals surface area contributed by atoms with Crippen molar-refractivity contribution in [1.29, 1.82) is 0 Å². The van der Waals surface area contributed by atoms with Gasteiger partial charge in [0, 0.05) is 24.2 Å². The molecule has 20 heavy (non-hydrogen) atoms. The van der Waals surface area contributed by atoms with Crippen LogP contribution in [-0.4, -0.2) is 30.3 Å². The van der Waals surface area contributed by atoms with E-state index in [0.29, 0.717) is 17.2 Å². The molecule has 6 nitrogen and oxygen atoms in total. The first-order valence-corrected chi connectivity index (χ1v) is 6.42. The second kappa shape index (κ2) is 5.81. The largest absolute Gasteiger partial charge is 0.481 e. The lowest BCUT2D eigenvalue weighted by atomic mass is 10.1. The predicted octanol–water partition coefficient (Wildman–Crippen LogP) is 1.88. The van der Waals surface area contributed by atoms with E-state index in [1.807, 2.05) is 0 Å². The maximum absolute atomic E-state index is 12.2. The summed E-state index contributed by atoms with van der Waals surface area (Å²) >= 11 is 0. The molecule has 0 radical (unpaired) electrons. The first-order chi connectivity index (χ1) is 9.49. The Hall–Kier alpha value is -2.24. The van der Waals surface area contributed by atoms with E-state index in [9.17, 15) is 9.59 Å². The number of carbonyl (C=O) groups is 2. The quantitative estimate of drug-likeness (QED) is 0.890. The summed E-state index contributed by atoms with van der Waals surface area (Å²) < 4.78 is 10.5. The number of carboxylic acid groups (broad SMARTS) is 1. The van der Waals surface area contributed by atoms with Gasteiger partial charge in [0.1, 0.15) is 0 Å². The first-order valence-electron chi connectivity index (χ1n) is 6.42. The number of fused-ring (bicyclic) bond motifs is 1. The Balaban J connectivity index is 2.25. The van der Waals surface area contributed by atoms with E-state index in [1.165, 1.54) is 4.90 Å². The molecule has 0 atom stereocenters. The van der Waals surface area contributed by atoms with Gasteiger partial charge in [0.05, 0.1) is 6.42 Å². The van der Waals surface area contributed by atoms with Crippen molar-refractivity contribution in [2.75, 3.05) is 18.2 Å². The summed E-state index contributed by atoms with van der Waals surface area (Å²) in [6.07, 6.45) is -0.104. The summed E-state index contributed by atoms with van der Waals surface area (Å²) in [5.74, 6) is -0.0741. The van der Waals surface area contributed by atoms with Crippen molar-refractivity contribution in [3.8, 4) is 11.5 Å². The van der Waals surface area contributed by atoms with Gasteiger partial charge in [0.25, 0.3) is 0 Å². The highest BCUT2D eigenvalue weighted by atomic mass is 16.7. The van der Waals surface area contributed by atoms with Crippen LogP contribution in [0.4, 0.5) is 5.69 Å². The average Bonchev–Trinajstić information content (AvgIpc) is 2.85. The Morgan fingerprint density at radius 1 is 1.30 bits per heavy atom. The lowest BCUT2D eigenvalue weighted by molar-refractivity contribution is -0.136. The zero-order chi connectivity index (χ0) is 14.7. The van der Waals surface area contributed by atoms with E-state index in [0.717, 1.165) is 0 Å². The molecule has 0 unspecified atom stereocenters. The highest BCUT2D eigenvalue weighted by molar-refractivity contribution is 5.95. The van der Waals surface area contributed by atoms with Crippen LogP contribution in [0.3, 0.4) is 0 Å². The number of ether oxygens (including phenoxy) is 2. The van der Waals surface area contributed by atoms with E-state index in [4.69, 9.17) is 14.6 Å². The monoisotopic (exact) mass is 279 g/mol. The number of hydrogen-bond acceptors (Lipinski definition) is 4. The fourth-order valence-electron chi connectivity index (χ4n) is 1.94. The standard InChI is InChI=1S/C14H17NO5/c1-9(2)14(18)15(6-5-13(16)17)10-3-4-11-12(7-10)20-8-19-11/h3-4,7,9H,5-6,8H2,1-2H3,(H,16,17). The maximum atomic E-state index is 12.2. The molecule has 1 aromatic carbocycles. The summed E-state index contributed by atoms with van der Waals surface area (Å²) in [5.41, 5.74) is 0.620. The molecule has 0 fully saturated rings. The fourth-order valence-corrected chi connectivity index (χ4v) is 1.94. The average molecular weight is 279 g/mol. The minimum absolute atomic E-state index is 0.104. The summed E-state index contributed by atoms with van der Waals surface area (Å²) in [4.78, 5) is 24.4. The molecule has 108 valence electrons. The Morgan fingerprint density at radius 3 is 2.65 bits per heavy atom. The van der Waals surface area contributed by atoms with Crippen molar-refractivity contribution in [3.05, 3.63) is 18.2 Å². The molecule has 1 aliphatic heterocycles. The molecule has 1 aliphatic rings. The molecule has 0 saturated heterocycles. The lowest BCUT2D eigenvalue weighted by Crippen LogP contribution is -2.36. The molecule has 1 N–H and O–H groups in total. The van der Waals surface area contributed by atoms with Crippen molar-refractivity contribution in [3.63, 3.8) is 0 Å². The third-order valence-corrected chi connectivity index (χ3v) is 2.98. The zero-order valence-corrected chi connectivity index (χ0v) is 11.5. The Kier molecular flexibility index (Phi) is 4.12. The van der Waals surface area contributed by atoms with Crippen LogP contribution in [0.25, 0.3) is 0 Å². The van der Waals surface area contributed by atoms with Crippen LogP contribution in [-0.2, 0) is 9.59 Å². The van der Waals surface area contributed by atoms with E-state index < -0.39 is 5.97 Å². The van der Waals surface area contributed by atoms with Gasteiger partial charge >= 0.3 is 5.97 Å².